The summed E-state index contributed by atoms with van der Waals surface area (Å²) in [6, 6.07) is 3.87. The zero-order chi connectivity index (χ0) is 22.8. The summed E-state index contributed by atoms with van der Waals surface area (Å²) in [7, 11) is 0. The number of hydrogen-bond donors (Lipinski definition) is 1. The Kier molecular flexibility index (Phi) is 4.74. The molecular weight excluding hydrogens is 455 g/mol. The van der Waals surface area contributed by atoms with E-state index in [2.05, 4.69) is 15.4 Å². The molecule has 3 aromatic rings. The van der Waals surface area contributed by atoms with E-state index in [0.29, 0.717) is 24.1 Å². The highest BCUT2D eigenvalue weighted by Crippen LogP contribution is 2.57. The third kappa shape index (κ3) is 3.52. The predicted molar refractivity (Wildman–Crippen MR) is 103 cm³/mol. The molecule has 0 saturated heterocycles. The number of hydrogen-bond acceptors (Lipinski definition) is 3. The molecule has 0 radical (unpaired) electrons. The summed E-state index contributed by atoms with van der Waals surface area (Å²) >= 11 is 5.89. The average Bonchev–Trinajstić information content (AvgIpc) is 3.22. The topological polar surface area (TPSA) is 59.8 Å². The molecule has 2 aliphatic rings. The van der Waals surface area contributed by atoms with Crippen LogP contribution in [0.5, 0.6) is 0 Å². The van der Waals surface area contributed by atoms with Crippen molar-refractivity contribution >= 4 is 17.5 Å². The largest absolute Gasteiger partial charge is 0.417 e. The number of benzene rings is 1. The molecule has 166 valence electrons. The van der Waals surface area contributed by atoms with E-state index in [1.54, 1.807) is 0 Å². The average molecular weight is 469 g/mol. The number of alkyl halides is 3. The minimum atomic E-state index is -4.58. The van der Waals surface area contributed by atoms with Gasteiger partial charge < -0.3 is 5.32 Å². The fraction of sp³-hybridized carbons (Fsp3) is 0.286. The van der Waals surface area contributed by atoms with E-state index < -0.39 is 29.3 Å². The fourth-order valence-corrected chi connectivity index (χ4v) is 4.37. The summed E-state index contributed by atoms with van der Waals surface area (Å²) in [6.45, 7) is -0.213. The lowest BCUT2D eigenvalue weighted by molar-refractivity contribution is -0.137. The van der Waals surface area contributed by atoms with Crippen molar-refractivity contribution in [1.82, 2.24) is 20.1 Å². The number of carbonyl (C=O) groups excluding carboxylic acids is 1. The Bertz CT molecular complexity index is 1260. The predicted octanol–water partition coefficient (Wildman–Crippen LogP) is 4.81. The van der Waals surface area contributed by atoms with E-state index >= 15 is 0 Å². The number of nitrogens with one attached hydrogen (secondary N) is 1. The summed E-state index contributed by atoms with van der Waals surface area (Å²) in [4.78, 5) is 16.5. The van der Waals surface area contributed by atoms with E-state index in [1.165, 1.54) is 10.7 Å². The smallest absolute Gasteiger partial charge is 0.345 e. The number of pyridine rings is 1. The van der Waals surface area contributed by atoms with Crippen molar-refractivity contribution in [3.05, 3.63) is 75.3 Å². The number of carbonyl (C=O) groups is 1. The molecule has 0 unspecified atom stereocenters. The molecule has 1 amide bonds. The number of halogens is 6. The van der Waals surface area contributed by atoms with Gasteiger partial charge in [0.2, 0.25) is 0 Å². The maximum atomic E-state index is 14.4. The Morgan fingerprint density at radius 2 is 2.03 bits per heavy atom. The molecule has 5 rings (SSSR count). The SMILES string of the molecule is O=C(NCc1ncc(C(F)(F)F)cc1Cl)c1nn(-c2ccc(F)cc2F)c2c1C[C@H]1C[C@@H]21. The van der Waals surface area contributed by atoms with Crippen LogP contribution in [0.2, 0.25) is 5.02 Å². The highest BCUT2D eigenvalue weighted by atomic mass is 35.5. The van der Waals surface area contributed by atoms with E-state index in [-0.39, 0.29) is 34.6 Å². The normalized spacial score (nSPS) is 18.9. The van der Waals surface area contributed by atoms with Crippen LogP contribution in [-0.4, -0.2) is 20.7 Å². The van der Waals surface area contributed by atoms with Crippen LogP contribution in [0.25, 0.3) is 5.69 Å². The van der Waals surface area contributed by atoms with Gasteiger partial charge in [0.25, 0.3) is 5.91 Å². The van der Waals surface area contributed by atoms with Crippen LogP contribution in [0, 0.1) is 17.6 Å². The van der Waals surface area contributed by atoms with Crippen molar-refractivity contribution in [2.75, 3.05) is 0 Å². The second-order valence-electron chi connectivity index (χ2n) is 7.86. The Morgan fingerprint density at radius 3 is 2.72 bits per heavy atom. The van der Waals surface area contributed by atoms with E-state index in [0.717, 1.165) is 30.3 Å². The Balaban J connectivity index is 1.41. The third-order valence-corrected chi connectivity index (χ3v) is 6.10. The molecule has 0 bridgehead atoms. The van der Waals surface area contributed by atoms with Gasteiger partial charge in [-0.15, -0.1) is 0 Å². The van der Waals surface area contributed by atoms with Crippen LogP contribution in [-0.2, 0) is 19.1 Å². The maximum absolute atomic E-state index is 14.4. The summed E-state index contributed by atoms with van der Waals surface area (Å²) in [5.41, 5.74) is 0.641. The molecule has 1 fully saturated rings. The van der Waals surface area contributed by atoms with Gasteiger partial charge in [0.05, 0.1) is 28.5 Å². The molecule has 2 aliphatic carbocycles. The van der Waals surface area contributed by atoms with Crippen molar-refractivity contribution in [3.8, 4) is 5.69 Å². The molecule has 11 heteroatoms. The van der Waals surface area contributed by atoms with Gasteiger partial charge in [-0.3, -0.25) is 9.78 Å². The van der Waals surface area contributed by atoms with Crippen LogP contribution in [0.4, 0.5) is 22.0 Å². The molecule has 32 heavy (non-hydrogen) atoms. The second kappa shape index (κ2) is 7.26. The fourth-order valence-electron chi connectivity index (χ4n) is 4.13. The van der Waals surface area contributed by atoms with Gasteiger partial charge in [-0.05, 0) is 37.0 Å². The highest BCUT2D eigenvalue weighted by molar-refractivity contribution is 6.31. The third-order valence-electron chi connectivity index (χ3n) is 5.78. The first-order valence-corrected chi connectivity index (χ1v) is 10.1. The van der Waals surface area contributed by atoms with Gasteiger partial charge in [-0.25, -0.2) is 13.5 Å². The van der Waals surface area contributed by atoms with Crippen molar-refractivity contribution < 1.29 is 26.7 Å². The van der Waals surface area contributed by atoms with Crippen molar-refractivity contribution in [2.24, 2.45) is 5.92 Å². The van der Waals surface area contributed by atoms with Gasteiger partial charge in [0.15, 0.2) is 11.5 Å². The Labute approximate surface area is 183 Å². The van der Waals surface area contributed by atoms with Crippen LogP contribution < -0.4 is 5.32 Å². The van der Waals surface area contributed by atoms with Gasteiger partial charge in [-0.2, -0.15) is 18.3 Å². The number of aromatic nitrogens is 3. The molecule has 0 spiro atoms. The molecule has 1 aromatic carbocycles. The summed E-state index contributed by atoms with van der Waals surface area (Å²) in [5.74, 6) is -1.59. The molecule has 1 N–H and O–H groups in total. The van der Waals surface area contributed by atoms with Gasteiger partial charge in [-0.1, -0.05) is 11.6 Å². The zero-order valence-corrected chi connectivity index (χ0v) is 16.9. The standard InChI is InChI=1S/C21H14ClF5N4O/c22-14-5-10(21(25,26)27)7-28-16(14)8-29-20(32)18-13-4-9-3-12(9)19(13)31(30-18)17-2-1-11(23)6-15(17)24/h1-2,5-7,9,12H,3-4,8H2,(H,29,32)/t9-,12-/m1/s1. The second-order valence-corrected chi connectivity index (χ2v) is 8.27. The van der Waals surface area contributed by atoms with Gasteiger partial charge in [0, 0.05) is 23.7 Å². The van der Waals surface area contributed by atoms with Crippen molar-refractivity contribution in [2.45, 2.75) is 31.5 Å². The van der Waals surface area contributed by atoms with Crippen LogP contribution in [0.15, 0.2) is 30.5 Å². The van der Waals surface area contributed by atoms with Gasteiger partial charge in [0.1, 0.15) is 11.5 Å². The number of rotatable bonds is 4. The van der Waals surface area contributed by atoms with Crippen LogP contribution >= 0.6 is 11.6 Å². The Hall–Kier alpha value is -3.01. The molecular formula is C21H14ClF5N4O. The zero-order valence-electron chi connectivity index (χ0n) is 16.2. The summed E-state index contributed by atoms with van der Waals surface area (Å²) in [6.07, 6.45) is -2.41. The molecule has 2 atom stereocenters. The molecule has 2 heterocycles. The lowest BCUT2D eigenvalue weighted by Gasteiger charge is -2.10. The molecule has 2 aromatic heterocycles. The lowest BCUT2D eigenvalue weighted by atomic mass is 10.1. The monoisotopic (exact) mass is 468 g/mol. The van der Waals surface area contributed by atoms with Crippen LogP contribution in [0.1, 0.15) is 45.3 Å². The first-order valence-electron chi connectivity index (χ1n) is 9.70. The number of fused-ring (bicyclic) bond motifs is 3. The first-order chi connectivity index (χ1) is 15.1. The van der Waals surface area contributed by atoms with Crippen molar-refractivity contribution in [3.63, 3.8) is 0 Å². The minimum absolute atomic E-state index is 0.0432. The highest BCUT2D eigenvalue weighted by Gasteiger charge is 2.50. The summed E-state index contributed by atoms with van der Waals surface area (Å²) < 4.78 is 67.3. The van der Waals surface area contributed by atoms with E-state index in [4.69, 9.17) is 11.6 Å². The van der Waals surface area contributed by atoms with E-state index in [1.807, 2.05) is 0 Å². The lowest BCUT2D eigenvalue weighted by Crippen LogP contribution is -2.25. The Morgan fingerprint density at radius 1 is 1.25 bits per heavy atom. The first kappa shape index (κ1) is 20.9. The van der Waals surface area contributed by atoms with Gasteiger partial charge >= 0.3 is 6.18 Å². The molecule has 1 saturated carbocycles. The number of amides is 1. The van der Waals surface area contributed by atoms with Crippen LogP contribution in [0.3, 0.4) is 0 Å². The summed E-state index contributed by atoms with van der Waals surface area (Å²) in [5, 5.41) is 6.63. The van der Waals surface area contributed by atoms with Crippen molar-refractivity contribution in [1.29, 1.82) is 0 Å². The minimum Gasteiger partial charge on any atom is -0.345 e. The van der Waals surface area contributed by atoms with E-state index in [9.17, 15) is 26.7 Å². The quantitative estimate of drug-likeness (QED) is 0.559. The maximum Gasteiger partial charge on any atom is 0.417 e. The molecule has 0 aliphatic heterocycles. The number of nitrogens with zero attached hydrogens (tertiary/aromatic N) is 3. The molecule has 5 nitrogen and oxygen atoms in total.